The summed E-state index contributed by atoms with van der Waals surface area (Å²) in [5.41, 5.74) is 0. The van der Waals surface area contributed by atoms with E-state index in [4.69, 9.17) is 0 Å². The lowest BCUT2D eigenvalue weighted by Gasteiger charge is -2.39. The topological polar surface area (TPSA) is 43.8 Å². The van der Waals surface area contributed by atoms with Crippen LogP contribution in [0.3, 0.4) is 0 Å². The maximum atomic E-state index is 12.7. The molecule has 1 N–H and O–H groups in total. The average molecular weight is 334 g/mol. The van der Waals surface area contributed by atoms with Crippen LogP contribution in [0.25, 0.3) is 0 Å². The van der Waals surface area contributed by atoms with Crippen molar-refractivity contribution in [1.82, 2.24) is 9.80 Å². The van der Waals surface area contributed by atoms with Crippen molar-refractivity contribution in [3.8, 4) is 0 Å². The molecule has 2 heterocycles. The molecule has 4 atom stereocenters. The van der Waals surface area contributed by atoms with E-state index in [0.717, 1.165) is 51.9 Å². The molecule has 0 spiro atoms. The summed E-state index contributed by atoms with van der Waals surface area (Å²) in [6, 6.07) is 4.68. The van der Waals surface area contributed by atoms with Gasteiger partial charge in [-0.2, -0.15) is 0 Å². The molecule has 0 aromatic carbocycles. The number of amides is 1. The minimum absolute atomic E-state index is 0.160. The highest BCUT2D eigenvalue weighted by molar-refractivity contribution is 7.12. The molecule has 4 rings (SSSR count). The molecule has 1 aliphatic heterocycles. The van der Waals surface area contributed by atoms with Crippen molar-refractivity contribution >= 4 is 17.2 Å². The van der Waals surface area contributed by atoms with Crippen molar-refractivity contribution in [1.29, 1.82) is 0 Å². The van der Waals surface area contributed by atoms with Crippen molar-refractivity contribution in [2.45, 2.75) is 50.7 Å². The number of carbonyl (C=O) groups excluding carboxylic acids is 1. The van der Waals surface area contributed by atoms with Crippen molar-refractivity contribution in [3.05, 3.63) is 21.9 Å². The van der Waals surface area contributed by atoms with Gasteiger partial charge in [-0.25, -0.2) is 0 Å². The van der Waals surface area contributed by atoms with Gasteiger partial charge >= 0.3 is 0 Å². The van der Waals surface area contributed by atoms with E-state index in [1.165, 1.54) is 9.75 Å². The van der Waals surface area contributed by atoms with E-state index in [1.807, 2.05) is 11.3 Å². The van der Waals surface area contributed by atoms with Gasteiger partial charge in [0.25, 0.3) is 0 Å². The van der Waals surface area contributed by atoms with Crippen molar-refractivity contribution < 1.29 is 9.90 Å². The van der Waals surface area contributed by atoms with Gasteiger partial charge in [0.2, 0.25) is 5.91 Å². The van der Waals surface area contributed by atoms with Gasteiger partial charge in [-0.15, -0.1) is 11.3 Å². The van der Waals surface area contributed by atoms with Crippen LogP contribution in [-0.2, 0) is 4.79 Å². The summed E-state index contributed by atoms with van der Waals surface area (Å²) in [5, 5.41) is 10.1. The van der Waals surface area contributed by atoms with Crippen LogP contribution in [-0.4, -0.2) is 59.1 Å². The molecule has 23 heavy (non-hydrogen) atoms. The summed E-state index contributed by atoms with van der Waals surface area (Å²) in [6.07, 6.45) is 4.05. The van der Waals surface area contributed by atoms with Crippen LogP contribution >= 0.6 is 11.3 Å². The Morgan fingerprint density at radius 1 is 1.22 bits per heavy atom. The van der Waals surface area contributed by atoms with E-state index in [9.17, 15) is 9.90 Å². The van der Waals surface area contributed by atoms with Crippen LogP contribution in [0.4, 0.5) is 0 Å². The van der Waals surface area contributed by atoms with Gasteiger partial charge in [-0.1, -0.05) is 0 Å². The number of carbonyl (C=O) groups is 1. The molecule has 1 aromatic rings. The normalized spacial score (nSPS) is 34.8. The maximum Gasteiger partial charge on any atom is 0.226 e. The standard InChI is InChI=1S/C18H26N2O2S/c1-12-5-6-17(23-12)13-11-14(13)18(22)20-9-7-19(8-10-20)15-3-2-4-16(15)21/h5-6,13-16,21H,2-4,7-11H2,1H3/t13-,14+,15+,16+/m1/s1. The van der Waals surface area contributed by atoms with E-state index < -0.39 is 0 Å². The fourth-order valence-corrected chi connectivity index (χ4v) is 5.35. The zero-order chi connectivity index (χ0) is 16.0. The Morgan fingerprint density at radius 3 is 2.61 bits per heavy atom. The average Bonchev–Trinajstić information content (AvgIpc) is 3.06. The molecule has 0 bridgehead atoms. The van der Waals surface area contributed by atoms with Crippen molar-refractivity contribution in [3.63, 3.8) is 0 Å². The number of piperazine rings is 1. The molecule has 5 heteroatoms. The van der Waals surface area contributed by atoms with E-state index >= 15 is 0 Å². The number of hydrogen-bond acceptors (Lipinski definition) is 4. The second-order valence-corrected chi connectivity index (χ2v) is 8.64. The van der Waals surface area contributed by atoms with Crippen LogP contribution in [0.1, 0.15) is 41.4 Å². The van der Waals surface area contributed by atoms with Crippen LogP contribution in [0.5, 0.6) is 0 Å². The number of hydrogen-bond donors (Lipinski definition) is 1. The first-order valence-electron chi connectivity index (χ1n) is 8.90. The lowest BCUT2D eigenvalue weighted by atomic mass is 10.1. The third kappa shape index (κ3) is 3.06. The Hall–Kier alpha value is -0.910. The largest absolute Gasteiger partial charge is 0.391 e. The Morgan fingerprint density at radius 2 is 2.00 bits per heavy atom. The fraction of sp³-hybridized carbons (Fsp3) is 0.722. The molecular weight excluding hydrogens is 308 g/mol. The van der Waals surface area contributed by atoms with Crippen LogP contribution in [0, 0.1) is 12.8 Å². The van der Waals surface area contributed by atoms with E-state index in [1.54, 1.807) is 0 Å². The summed E-state index contributed by atoms with van der Waals surface area (Å²) >= 11 is 1.84. The molecule has 1 saturated heterocycles. The van der Waals surface area contributed by atoms with Crippen LogP contribution < -0.4 is 0 Å². The number of nitrogens with zero attached hydrogens (tertiary/aromatic N) is 2. The lowest BCUT2D eigenvalue weighted by molar-refractivity contribution is -0.135. The van der Waals surface area contributed by atoms with Gasteiger partial charge < -0.3 is 10.0 Å². The number of rotatable bonds is 3. The first-order chi connectivity index (χ1) is 11.1. The first-order valence-corrected chi connectivity index (χ1v) is 9.72. The van der Waals surface area contributed by atoms with Gasteiger partial charge in [-0.3, -0.25) is 9.69 Å². The van der Waals surface area contributed by atoms with Gasteiger partial charge in [-0.05, 0) is 44.7 Å². The molecule has 126 valence electrons. The number of aliphatic hydroxyl groups is 1. The highest BCUT2D eigenvalue weighted by Crippen LogP contribution is 2.50. The fourth-order valence-electron chi connectivity index (χ4n) is 4.29. The highest BCUT2D eigenvalue weighted by Gasteiger charge is 2.47. The molecule has 3 aliphatic rings. The van der Waals surface area contributed by atoms with Crippen LogP contribution in [0.15, 0.2) is 12.1 Å². The summed E-state index contributed by atoms with van der Waals surface area (Å²) in [5.74, 6) is 1.04. The van der Waals surface area contributed by atoms with E-state index in [2.05, 4.69) is 28.9 Å². The molecule has 2 aliphatic carbocycles. The predicted octanol–water partition coefficient (Wildman–Crippen LogP) is 2.22. The lowest BCUT2D eigenvalue weighted by Crippen LogP contribution is -2.54. The first kappa shape index (κ1) is 15.6. The number of thiophene rings is 1. The molecular formula is C18H26N2O2S. The zero-order valence-corrected chi connectivity index (χ0v) is 14.6. The Kier molecular flexibility index (Phi) is 4.20. The zero-order valence-electron chi connectivity index (χ0n) is 13.8. The second-order valence-electron chi connectivity index (χ2n) is 7.32. The quantitative estimate of drug-likeness (QED) is 0.922. The molecule has 3 fully saturated rings. The van der Waals surface area contributed by atoms with Gasteiger partial charge in [0.1, 0.15) is 0 Å². The minimum atomic E-state index is -0.160. The van der Waals surface area contributed by atoms with E-state index in [0.29, 0.717) is 17.9 Å². The molecule has 0 radical (unpaired) electrons. The van der Waals surface area contributed by atoms with E-state index in [-0.39, 0.29) is 12.0 Å². The molecule has 1 amide bonds. The Bertz CT molecular complexity index is 579. The van der Waals surface area contributed by atoms with Gasteiger partial charge in [0, 0.05) is 53.8 Å². The molecule has 4 nitrogen and oxygen atoms in total. The smallest absolute Gasteiger partial charge is 0.226 e. The SMILES string of the molecule is Cc1ccc([C@@H]2C[C@@H]2C(=O)N2CCN([C@H]3CCC[C@@H]3O)CC2)s1. The summed E-state index contributed by atoms with van der Waals surface area (Å²) in [4.78, 5) is 19.9. The minimum Gasteiger partial charge on any atom is -0.391 e. The molecule has 1 aromatic heterocycles. The highest BCUT2D eigenvalue weighted by atomic mass is 32.1. The predicted molar refractivity (Wildman–Crippen MR) is 91.7 cm³/mol. The third-order valence-electron chi connectivity index (χ3n) is 5.77. The second kappa shape index (κ2) is 6.19. The summed E-state index contributed by atoms with van der Waals surface area (Å²) in [6.45, 7) is 5.62. The van der Waals surface area contributed by atoms with Gasteiger partial charge in [0.15, 0.2) is 0 Å². The van der Waals surface area contributed by atoms with Gasteiger partial charge in [0.05, 0.1) is 6.10 Å². The number of aliphatic hydroxyl groups excluding tert-OH is 1. The van der Waals surface area contributed by atoms with Crippen molar-refractivity contribution in [2.75, 3.05) is 26.2 Å². The number of aryl methyl sites for hydroxylation is 1. The van der Waals surface area contributed by atoms with Crippen molar-refractivity contribution in [2.24, 2.45) is 5.92 Å². The third-order valence-corrected chi connectivity index (χ3v) is 6.91. The Labute approximate surface area is 142 Å². The summed E-state index contributed by atoms with van der Waals surface area (Å²) in [7, 11) is 0. The maximum absolute atomic E-state index is 12.7. The monoisotopic (exact) mass is 334 g/mol. The molecule has 0 unspecified atom stereocenters. The van der Waals surface area contributed by atoms with Crippen LogP contribution in [0.2, 0.25) is 0 Å². The Balaban J connectivity index is 1.30. The molecule has 2 saturated carbocycles. The summed E-state index contributed by atoms with van der Waals surface area (Å²) < 4.78 is 0.